The number of benzene rings is 1. The van der Waals surface area contributed by atoms with Crippen LogP contribution in [0.5, 0.6) is 0 Å². The third-order valence-corrected chi connectivity index (χ3v) is 3.30. The molecule has 0 unspecified atom stereocenters. The van der Waals surface area contributed by atoms with Crippen LogP contribution in [-0.4, -0.2) is 17.0 Å². The first kappa shape index (κ1) is 14.4. The molecule has 0 aromatic heterocycles. The second-order valence-corrected chi connectivity index (χ2v) is 4.24. The van der Waals surface area contributed by atoms with Crippen LogP contribution in [0.1, 0.15) is 26.7 Å². The van der Waals surface area contributed by atoms with E-state index in [1.54, 1.807) is 0 Å². The molecule has 0 radical (unpaired) electrons. The van der Waals surface area contributed by atoms with E-state index in [4.69, 9.17) is 5.73 Å². The quantitative estimate of drug-likeness (QED) is 0.605. The summed E-state index contributed by atoms with van der Waals surface area (Å²) in [6.07, 6.45) is 1.40. The van der Waals surface area contributed by atoms with E-state index >= 15 is 0 Å². The van der Waals surface area contributed by atoms with E-state index in [1.807, 2.05) is 13.8 Å². The molecule has 0 heterocycles. The molecule has 0 atom stereocenters. The van der Waals surface area contributed by atoms with Gasteiger partial charge in [0.25, 0.3) is 5.69 Å². The van der Waals surface area contributed by atoms with Gasteiger partial charge in [0.2, 0.25) is 0 Å². The van der Waals surface area contributed by atoms with Gasteiger partial charge in [0.05, 0.1) is 4.92 Å². The smallest absolute Gasteiger partial charge is 0.292 e. The van der Waals surface area contributed by atoms with E-state index in [0.717, 1.165) is 18.2 Å². The topological polar surface area (TPSA) is 81.2 Å². The van der Waals surface area contributed by atoms with Crippen molar-refractivity contribution in [2.45, 2.75) is 32.2 Å². The second-order valence-electron chi connectivity index (χ2n) is 4.24. The Labute approximate surface area is 105 Å². The van der Waals surface area contributed by atoms with Gasteiger partial charge in [-0.1, -0.05) is 13.8 Å². The van der Waals surface area contributed by atoms with Crippen molar-refractivity contribution in [3.63, 3.8) is 0 Å². The average molecular weight is 255 g/mol. The van der Waals surface area contributed by atoms with Crippen molar-refractivity contribution in [1.29, 1.82) is 0 Å². The summed E-state index contributed by atoms with van der Waals surface area (Å²) in [5, 5.41) is 13.9. The van der Waals surface area contributed by atoms with Crippen LogP contribution in [0.15, 0.2) is 18.2 Å². The molecule has 1 aromatic carbocycles. The minimum absolute atomic E-state index is 0.142. The highest BCUT2D eigenvalue weighted by atomic mass is 19.1. The molecule has 0 aliphatic heterocycles. The molecule has 3 N–H and O–H groups in total. The fourth-order valence-corrected chi connectivity index (χ4v) is 1.82. The van der Waals surface area contributed by atoms with Crippen LogP contribution >= 0.6 is 0 Å². The number of rotatable bonds is 6. The van der Waals surface area contributed by atoms with Crippen molar-refractivity contribution < 1.29 is 9.31 Å². The van der Waals surface area contributed by atoms with Crippen molar-refractivity contribution >= 4 is 11.4 Å². The Morgan fingerprint density at radius 1 is 1.44 bits per heavy atom. The second kappa shape index (κ2) is 5.77. The van der Waals surface area contributed by atoms with Gasteiger partial charge in [0.1, 0.15) is 11.5 Å². The highest BCUT2D eigenvalue weighted by Crippen LogP contribution is 2.29. The molecule has 0 saturated heterocycles. The van der Waals surface area contributed by atoms with Crippen molar-refractivity contribution in [3.05, 3.63) is 34.1 Å². The van der Waals surface area contributed by atoms with Crippen LogP contribution in [0.25, 0.3) is 0 Å². The Hall–Kier alpha value is -1.69. The van der Waals surface area contributed by atoms with Crippen molar-refractivity contribution in [2.24, 2.45) is 5.73 Å². The number of hydrogen-bond acceptors (Lipinski definition) is 4. The number of halogens is 1. The number of nitrogens with two attached hydrogens (primary N) is 1. The zero-order valence-corrected chi connectivity index (χ0v) is 10.6. The van der Waals surface area contributed by atoms with Gasteiger partial charge in [0, 0.05) is 24.2 Å². The number of nitro benzene ring substituents is 1. The largest absolute Gasteiger partial charge is 0.373 e. The van der Waals surface area contributed by atoms with Crippen molar-refractivity contribution in [1.82, 2.24) is 0 Å². The van der Waals surface area contributed by atoms with E-state index in [9.17, 15) is 14.5 Å². The van der Waals surface area contributed by atoms with Gasteiger partial charge in [-0.2, -0.15) is 0 Å². The number of nitrogens with one attached hydrogen (secondary N) is 1. The molecular formula is C12H18FN3O2. The first-order valence-corrected chi connectivity index (χ1v) is 5.90. The highest BCUT2D eigenvalue weighted by Gasteiger charge is 2.27. The van der Waals surface area contributed by atoms with E-state index < -0.39 is 16.3 Å². The van der Waals surface area contributed by atoms with Crippen LogP contribution < -0.4 is 11.1 Å². The van der Waals surface area contributed by atoms with Crippen molar-refractivity contribution in [2.75, 3.05) is 11.9 Å². The Morgan fingerprint density at radius 2 is 2.06 bits per heavy atom. The van der Waals surface area contributed by atoms with Gasteiger partial charge < -0.3 is 11.1 Å². The third kappa shape index (κ3) is 2.95. The number of anilines is 1. The molecule has 0 spiro atoms. The van der Waals surface area contributed by atoms with Crippen LogP contribution in [0.4, 0.5) is 15.8 Å². The fraction of sp³-hybridized carbons (Fsp3) is 0.500. The first-order valence-electron chi connectivity index (χ1n) is 5.90. The summed E-state index contributed by atoms with van der Waals surface area (Å²) < 4.78 is 13.2. The normalized spacial score (nSPS) is 11.3. The maximum absolute atomic E-state index is 13.2. The summed E-state index contributed by atoms with van der Waals surface area (Å²) in [5.41, 5.74) is 5.30. The molecule has 6 heteroatoms. The Kier molecular flexibility index (Phi) is 4.61. The lowest BCUT2D eigenvalue weighted by Gasteiger charge is -2.32. The maximum atomic E-state index is 13.2. The summed E-state index contributed by atoms with van der Waals surface area (Å²) in [6.45, 7) is 4.21. The lowest BCUT2D eigenvalue weighted by molar-refractivity contribution is -0.384. The lowest BCUT2D eigenvalue weighted by Crippen LogP contribution is -2.44. The van der Waals surface area contributed by atoms with Gasteiger partial charge in [0.15, 0.2) is 0 Å². The molecule has 0 saturated carbocycles. The first-order chi connectivity index (χ1) is 8.48. The summed E-state index contributed by atoms with van der Waals surface area (Å²) >= 11 is 0. The Morgan fingerprint density at radius 3 is 2.50 bits per heavy atom. The number of nitrogens with zero attached hydrogens (tertiary/aromatic N) is 1. The zero-order valence-electron chi connectivity index (χ0n) is 10.6. The average Bonchev–Trinajstić information content (AvgIpc) is 2.36. The molecule has 0 aliphatic carbocycles. The van der Waals surface area contributed by atoms with Gasteiger partial charge >= 0.3 is 0 Å². The lowest BCUT2D eigenvalue weighted by atomic mass is 9.92. The van der Waals surface area contributed by atoms with Gasteiger partial charge in [-0.15, -0.1) is 0 Å². The molecule has 0 aliphatic rings. The standard InChI is InChI=1S/C12H18FN3O2/c1-3-12(4-2,8-14)15-10-7-9(13)5-6-11(10)16(17)18/h5-7,15H,3-4,8,14H2,1-2H3. The Bertz CT molecular complexity index is 425. The summed E-state index contributed by atoms with van der Waals surface area (Å²) in [6, 6.07) is 3.36. The Balaban J connectivity index is 3.16. The number of hydrogen-bond donors (Lipinski definition) is 2. The molecule has 5 nitrogen and oxygen atoms in total. The van der Waals surface area contributed by atoms with E-state index in [0.29, 0.717) is 19.4 Å². The zero-order chi connectivity index (χ0) is 13.8. The summed E-state index contributed by atoms with van der Waals surface area (Å²) in [5.74, 6) is -0.513. The summed E-state index contributed by atoms with van der Waals surface area (Å²) in [7, 11) is 0. The molecule has 100 valence electrons. The van der Waals surface area contributed by atoms with Gasteiger partial charge in [-0.05, 0) is 18.9 Å². The van der Waals surface area contributed by atoms with Crippen LogP contribution in [0, 0.1) is 15.9 Å². The van der Waals surface area contributed by atoms with E-state index in [1.165, 1.54) is 0 Å². The fourth-order valence-electron chi connectivity index (χ4n) is 1.82. The monoisotopic (exact) mass is 255 g/mol. The SMILES string of the molecule is CCC(CC)(CN)Nc1cc(F)ccc1[N+](=O)[O-]. The van der Waals surface area contributed by atoms with Crippen molar-refractivity contribution in [3.8, 4) is 0 Å². The molecule has 1 rings (SSSR count). The maximum Gasteiger partial charge on any atom is 0.292 e. The summed E-state index contributed by atoms with van der Waals surface area (Å²) in [4.78, 5) is 10.4. The minimum atomic E-state index is -0.533. The predicted octanol–water partition coefficient (Wildman–Crippen LogP) is 2.66. The van der Waals surface area contributed by atoms with E-state index in [2.05, 4.69) is 5.32 Å². The predicted molar refractivity (Wildman–Crippen MR) is 69.0 cm³/mol. The van der Waals surface area contributed by atoms with Gasteiger partial charge in [-0.25, -0.2) is 4.39 Å². The van der Waals surface area contributed by atoms with Crippen LogP contribution in [-0.2, 0) is 0 Å². The van der Waals surface area contributed by atoms with Crippen LogP contribution in [0.2, 0.25) is 0 Å². The molecule has 0 bridgehead atoms. The molecular weight excluding hydrogens is 237 g/mol. The van der Waals surface area contributed by atoms with Gasteiger partial charge in [-0.3, -0.25) is 10.1 Å². The molecule has 0 fully saturated rings. The number of nitro groups is 1. The van der Waals surface area contributed by atoms with E-state index in [-0.39, 0.29) is 11.4 Å². The molecule has 0 amide bonds. The molecule has 18 heavy (non-hydrogen) atoms. The minimum Gasteiger partial charge on any atom is -0.373 e. The molecule has 1 aromatic rings. The third-order valence-electron chi connectivity index (χ3n) is 3.30. The van der Waals surface area contributed by atoms with Crippen LogP contribution in [0.3, 0.4) is 0 Å². The highest BCUT2D eigenvalue weighted by molar-refractivity contribution is 5.62.